The SMILES string of the molecule is O=C(NCNC1C2CNCC21)[C@@](O)(c1ccccc1)C1CCCC1. The van der Waals surface area contributed by atoms with Crippen LogP contribution in [0.2, 0.25) is 0 Å². The molecule has 1 aromatic rings. The third-order valence-electron chi connectivity index (χ3n) is 6.18. The summed E-state index contributed by atoms with van der Waals surface area (Å²) in [7, 11) is 0. The maximum atomic E-state index is 12.9. The zero-order valence-corrected chi connectivity index (χ0v) is 14.0. The van der Waals surface area contributed by atoms with E-state index in [1.54, 1.807) is 0 Å². The number of piperidine rings is 1. The molecule has 4 rings (SSSR count). The van der Waals surface area contributed by atoms with Gasteiger partial charge in [0.15, 0.2) is 5.60 Å². The van der Waals surface area contributed by atoms with Gasteiger partial charge in [0.2, 0.25) is 0 Å². The van der Waals surface area contributed by atoms with E-state index < -0.39 is 5.60 Å². The number of carbonyl (C=O) groups excluding carboxylic acids is 1. The Morgan fingerprint density at radius 3 is 2.50 bits per heavy atom. The molecule has 2 aliphatic carbocycles. The number of aliphatic hydroxyl groups is 1. The third kappa shape index (κ3) is 2.75. The molecule has 0 aromatic heterocycles. The van der Waals surface area contributed by atoms with Gasteiger partial charge in [-0.25, -0.2) is 0 Å². The first-order chi connectivity index (χ1) is 11.7. The molecule has 1 aliphatic heterocycles. The molecule has 0 spiro atoms. The van der Waals surface area contributed by atoms with Crippen LogP contribution >= 0.6 is 0 Å². The highest BCUT2D eigenvalue weighted by Crippen LogP contribution is 2.42. The molecule has 1 saturated heterocycles. The lowest BCUT2D eigenvalue weighted by atomic mass is 9.79. The zero-order valence-electron chi connectivity index (χ0n) is 14.0. The molecular formula is C19H27N3O2. The Hall–Kier alpha value is -1.43. The molecule has 0 radical (unpaired) electrons. The van der Waals surface area contributed by atoms with E-state index in [1.807, 2.05) is 30.3 Å². The van der Waals surface area contributed by atoms with E-state index in [0.717, 1.165) is 38.8 Å². The van der Waals surface area contributed by atoms with Gasteiger partial charge in [-0.15, -0.1) is 0 Å². The molecular weight excluding hydrogens is 302 g/mol. The van der Waals surface area contributed by atoms with Crippen molar-refractivity contribution in [3.05, 3.63) is 35.9 Å². The molecule has 5 heteroatoms. The minimum absolute atomic E-state index is 0.00408. The molecule has 1 heterocycles. The summed E-state index contributed by atoms with van der Waals surface area (Å²) in [6.07, 6.45) is 3.99. The van der Waals surface area contributed by atoms with Gasteiger partial charge in [0.1, 0.15) is 0 Å². The van der Waals surface area contributed by atoms with Gasteiger partial charge in [0.05, 0.1) is 6.67 Å². The van der Waals surface area contributed by atoms with E-state index in [1.165, 1.54) is 0 Å². The van der Waals surface area contributed by atoms with Crippen LogP contribution in [0.1, 0.15) is 31.2 Å². The first-order valence-corrected chi connectivity index (χ1v) is 9.21. The summed E-state index contributed by atoms with van der Waals surface area (Å²) in [6, 6.07) is 9.93. The van der Waals surface area contributed by atoms with Crippen molar-refractivity contribution >= 4 is 5.91 Å². The summed E-state index contributed by atoms with van der Waals surface area (Å²) in [5.41, 5.74) is -0.706. The molecule has 3 aliphatic rings. The van der Waals surface area contributed by atoms with E-state index in [2.05, 4.69) is 16.0 Å². The van der Waals surface area contributed by atoms with Crippen molar-refractivity contribution in [2.24, 2.45) is 17.8 Å². The topological polar surface area (TPSA) is 73.4 Å². The molecule has 2 saturated carbocycles. The average Bonchev–Trinajstić information content (AvgIpc) is 3.07. The third-order valence-corrected chi connectivity index (χ3v) is 6.18. The largest absolute Gasteiger partial charge is 0.375 e. The maximum absolute atomic E-state index is 12.9. The smallest absolute Gasteiger partial charge is 0.257 e. The first-order valence-electron chi connectivity index (χ1n) is 9.21. The van der Waals surface area contributed by atoms with Crippen molar-refractivity contribution in [2.75, 3.05) is 19.8 Å². The fraction of sp³-hybridized carbons (Fsp3) is 0.632. The number of benzene rings is 1. The van der Waals surface area contributed by atoms with Crippen LogP contribution in [0.5, 0.6) is 0 Å². The summed E-state index contributed by atoms with van der Waals surface area (Å²) in [4.78, 5) is 12.9. The summed E-state index contributed by atoms with van der Waals surface area (Å²) >= 11 is 0. The van der Waals surface area contributed by atoms with Crippen molar-refractivity contribution in [1.29, 1.82) is 0 Å². The summed E-state index contributed by atoms with van der Waals surface area (Å²) in [6.45, 7) is 2.58. The van der Waals surface area contributed by atoms with E-state index in [0.29, 0.717) is 30.1 Å². The Bertz CT molecular complexity index is 578. The van der Waals surface area contributed by atoms with Crippen molar-refractivity contribution in [3.8, 4) is 0 Å². The van der Waals surface area contributed by atoms with Crippen molar-refractivity contribution in [2.45, 2.75) is 37.3 Å². The summed E-state index contributed by atoms with van der Waals surface area (Å²) < 4.78 is 0. The number of fused-ring (bicyclic) bond motifs is 1. The molecule has 1 amide bonds. The number of carbonyl (C=O) groups is 1. The second-order valence-electron chi connectivity index (χ2n) is 7.51. The number of hydrogen-bond acceptors (Lipinski definition) is 4. The van der Waals surface area contributed by atoms with Crippen LogP contribution in [0.25, 0.3) is 0 Å². The van der Waals surface area contributed by atoms with Gasteiger partial charge in [0.25, 0.3) is 5.91 Å². The second kappa shape index (κ2) is 6.47. The Balaban J connectivity index is 1.41. The van der Waals surface area contributed by atoms with Crippen molar-refractivity contribution in [3.63, 3.8) is 0 Å². The van der Waals surface area contributed by atoms with E-state index >= 15 is 0 Å². The van der Waals surface area contributed by atoms with Gasteiger partial charge < -0.3 is 15.7 Å². The highest BCUT2D eigenvalue weighted by Gasteiger charge is 2.52. The standard InChI is InChI=1S/C19H27N3O2/c23-18(22-12-21-17-15-10-20-11-16(15)17)19(24,14-8-4-5-9-14)13-6-2-1-3-7-13/h1-3,6-7,14-17,20-21,24H,4-5,8-12H2,(H,22,23)/t15?,16?,17?,19-/m1/s1. The normalized spacial score (nSPS) is 31.5. The minimum Gasteiger partial charge on any atom is -0.375 e. The van der Waals surface area contributed by atoms with Gasteiger partial charge in [-0.05, 0) is 43.3 Å². The van der Waals surface area contributed by atoms with Gasteiger partial charge in [-0.2, -0.15) is 0 Å². The van der Waals surface area contributed by atoms with Gasteiger partial charge in [0, 0.05) is 12.0 Å². The number of rotatable bonds is 6. The summed E-state index contributed by atoms with van der Waals surface area (Å²) in [5, 5.41) is 21.1. The van der Waals surface area contributed by atoms with Crippen LogP contribution in [0.3, 0.4) is 0 Å². The summed E-state index contributed by atoms with van der Waals surface area (Å²) in [5.74, 6) is 1.16. The van der Waals surface area contributed by atoms with E-state index in [9.17, 15) is 9.90 Å². The van der Waals surface area contributed by atoms with Crippen LogP contribution in [0, 0.1) is 17.8 Å². The van der Waals surface area contributed by atoms with Crippen LogP contribution in [-0.2, 0) is 10.4 Å². The number of nitrogens with one attached hydrogen (secondary N) is 3. The van der Waals surface area contributed by atoms with Gasteiger partial charge >= 0.3 is 0 Å². The molecule has 3 fully saturated rings. The molecule has 24 heavy (non-hydrogen) atoms. The lowest BCUT2D eigenvalue weighted by molar-refractivity contribution is -0.147. The molecule has 0 bridgehead atoms. The van der Waals surface area contributed by atoms with E-state index in [4.69, 9.17) is 0 Å². The van der Waals surface area contributed by atoms with Crippen molar-refractivity contribution < 1.29 is 9.90 Å². The maximum Gasteiger partial charge on any atom is 0.257 e. The lowest BCUT2D eigenvalue weighted by Crippen LogP contribution is -2.51. The van der Waals surface area contributed by atoms with Crippen LogP contribution in [-0.4, -0.2) is 36.8 Å². The quantitative estimate of drug-likeness (QED) is 0.586. The lowest BCUT2D eigenvalue weighted by Gasteiger charge is -2.33. The molecule has 3 atom stereocenters. The molecule has 130 valence electrons. The first kappa shape index (κ1) is 16.1. The Morgan fingerprint density at radius 1 is 1.17 bits per heavy atom. The van der Waals surface area contributed by atoms with Crippen molar-refractivity contribution in [1.82, 2.24) is 16.0 Å². The van der Waals surface area contributed by atoms with Crippen LogP contribution < -0.4 is 16.0 Å². The fourth-order valence-electron chi connectivity index (χ4n) is 4.69. The Labute approximate surface area is 143 Å². The number of hydrogen-bond donors (Lipinski definition) is 4. The molecule has 1 aromatic carbocycles. The Morgan fingerprint density at radius 2 is 1.83 bits per heavy atom. The molecule has 2 unspecified atom stereocenters. The van der Waals surface area contributed by atoms with E-state index in [-0.39, 0.29) is 11.8 Å². The van der Waals surface area contributed by atoms with Crippen LogP contribution in [0.15, 0.2) is 30.3 Å². The zero-order chi connectivity index (χ0) is 16.6. The highest BCUT2D eigenvalue weighted by atomic mass is 16.3. The number of amides is 1. The van der Waals surface area contributed by atoms with Crippen LogP contribution in [0.4, 0.5) is 0 Å². The van der Waals surface area contributed by atoms with Gasteiger partial charge in [-0.3, -0.25) is 10.1 Å². The Kier molecular flexibility index (Phi) is 4.33. The minimum atomic E-state index is -1.42. The monoisotopic (exact) mass is 329 g/mol. The predicted molar refractivity (Wildman–Crippen MR) is 92.1 cm³/mol. The van der Waals surface area contributed by atoms with Gasteiger partial charge in [-0.1, -0.05) is 43.2 Å². The average molecular weight is 329 g/mol. The molecule has 4 N–H and O–H groups in total. The second-order valence-corrected chi connectivity index (χ2v) is 7.51. The highest BCUT2D eigenvalue weighted by molar-refractivity contribution is 5.86. The molecule has 5 nitrogen and oxygen atoms in total. The fourth-order valence-corrected chi connectivity index (χ4v) is 4.69. The predicted octanol–water partition coefficient (Wildman–Crippen LogP) is 0.946.